The summed E-state index contributed by atoms with van der Waals surface area (Å²) in [4.78, 5) is 16.1. The minimum Gasteiger partial charge on any atom is -0.444 e. The molecule has 5 nitrogen and oxygen atoms in total. The first kappa shape index (κ1) is 21.4. The van der Waals surface area contributed by atoms with Crippen molar-refractivity contribution in [2.45, 2.75) is 19.7 Å². The molecule has 156 valence electrons. The van der Waals surface area contributed by atoms with Crippen LogP contribution in [0.15, 0.2) is 54.6 Å². The molecule has 9 heteroatoms. The number of benzene rings is 2. The fraction of sp³-hybridized carbons (Fsp3) is 0.143. The molecule has 1 aromatic heterocycles. The number of hydrogen-bond acceptors (Lipinski definition) is 4. The maximum Gasteiger partial charge on any atom is 0.417 e. The Morgan fingerprint density at radius 2 is 1.83 bits per heavy atom. The third-order valence-electron chi connectivity index (χ3n) is 4.26. The molecule has 2 aromatic carbocycles. The lowest BCUT2D eigenvalue weighted by Crippen LogP contribution is -2.14. The van der Waals surface area contributed by atoms with E-state index in [9.17, 15) is 18.0 Å². The molecule has 0 atom stereocenters. The summed E-state index contributed by atoms with van der Waals surface area (Å²) in [6.45, 7) is 1.80. The van der Waals surface area contributed by atoms with Crippen LogP contribution in [0.1, 0.15) is 16.8 Å². The number of anilines is 2. The molecule has 30 heavy (non-hydrogen) atoms. The van der Waals surface area contributed by atoms with Crippen molar-refractivity contribution in [2.75, 3.05) is 11.1 Å². The summed E-state index contributed by atoms with van der Waals surface area (Å²) in [5, 5.41) is 1.81. The maximum atomic E-state index is 12.9. The molecule has 0 radical (unpaired) electrons. The van der Waals surface area contributed by atoms with Gasteiger partial charge in [0.15, 0.2) is 0 Å². The van der Waals surface area contributed by atoms with Crippen LogP contribution >= 0.6 is 11.6 Å². The number of nitrogens with zero attached hydrogens (tertiary/aromatic N) is 1. The van der Waals surface area contributed by atoms with Crippen LogP contribution in [0.5, 0.6) is 0 Å². The molecular weight excluding hydrogens is 419 g/mol. The number of pyridine rings is 1. The number of aromatic nitrogens is 1. The maximum absolute atomic E-state index is 12.9. The third-order valence-corrected chi connectivity index (χ3v) is 4.59. The highest BCUT2D eigenvalue weighted by atomic mass is 35.5. The standard InChI is InChI=1S/C21H17ClF3N3O2/c1-12-16(7-9-19(26)27-12)14-4-2-13(3-5-14)11-30-20(29)28-15-6-8-18(22)17(10-15)21(23,24)25/h2-10H,11H2,1H3,(H2,26,27)(H,28,29). The van der Waals surface area contributed by atoms with Gasteiger partial charge in [-0.2, -0.15) is 13.2 Å². The van der Waals surface area contributed by atoms with Crippen molar-refractivity contribution in [3.8, 4) is 11.1 Å². The van der Waals surface area contributed by atoms with E-state index < -0.39 is 22.9 Å². The molecule has 0 saturated carbocycles. The number of carbonyl (C=O) groups is 1. The van der Waals surface area contributed by atoms with Crippen LogP contribution in [0.2, 0.25) is 5.02 Å². The normalized spacial score (nSPS) is 11.2. The Hall–Kier alpha value is -3.26. The van der Waals surface area contributed by atoms with Crippen molar-refractivity contribution in [1.82, 2.24) is 4.98 Å². The van der Waals surface area contributed by atoms with E-state index in [0.717, 1.165) is 29.0 Å². The number of nitrogens with two attached hydrogens (primary N) is 1. The van der Waals surface area contributed by atoms with Crippen molar-refractivity contribution in [1.29, 1.82) is 0 Å². The van der Waals surface area contributed by atoms with Crippen LogP contribution < -0.4 is 11.1 Å². The minimum absolute atomic E-state index is 0.0508. The Bertz CT molecular complexity index is 1070. The monoisotopic (exact) mass is 435 g/mol. The average molecular weight is 436 g/mol. The van der Waals surface area contributed by atoms with Gasteiger partial charge >= 0.3 is 12.3 Å². The predicted molar refractivity (Wildman–Crippen MR) is 109 cm³/mol. The summed E-state index contributed by atoms with van der Waals surface area (Å²) in [7, 11) is 0. The fourth-order valence-electron chi connectivity index (χ4n) is 2.79. The van der Waals surface area contributed by atoms with Crippen LogP contribution in [0.25, 0.3) is 11.1 Å². The number of carbonyl (C=O) groups excluding carboxylic acids is 1. The average Bonchev–Trinajstić information content (AvgIpc) is 2.68. The number of alkyl halides is 3. The number of amides is 1. The summed E-state index contributed by atoms with van der Waals surface area (Å²) >= 11 is 5.56. The zero-order valence-corrected chi connectivity index (χ0v) is 16.5. The van der Waals surface area contributed by atoms with Crippen LogP contribution in [0.4, 0.5) is 29.5 Å². The van der Waals surface area contributed by atoms with Gasteiger partial charge in [-0.1, -0.05) is 35.9 Å². The third kappa shape index (κ3) is 5.21. The van der Waals surface area contributed by atoms with Crippen molar-refractivity contribution < 1.29 is 22.7 Å². The summed E-state index contributed by atoms with van der Waals surface area (Å²) in [6.07, 6.45) is -5.51. The van der Waals surface area contributed by atoms with Gasteiger partial charge in [-0.25, -0.2) is 9.78 Å². The molecule has 0 aliphatic rings. The van der Waals surface area contributed by atoms with E-state index in [2.05, 4.69) is 10.3 Å². The molecule has 0 saturated heterocycles. The van der Waals surface area contributed by atoms with Crippen LogP contribution in [0.3, 0.4) is 0 Å². The first-order valence-electron chi connectivity index (χ1n) is 8.76. The lowest BCUT2D eigenvalue weighted by atomic mass is 10.0. The second-order valence-corrected chi connectivity index (χ2v) is 6.87. The van der Waals surface area contributed by atoms with E-state index in [1.54, 1.807) is 18.2 Å². The predicted octanol–water partition coefficient (Wildman–Crippen LogP) is 6.06. The van der Waals surface area contributed by atoms with Gasteiger partial charge in [0.05, 0.1) is 10.6 Å². The molecule has 0 bridgehead atoms. The molecule has 3 rings (SSSR count). The van der Waals surface area contributed by atoms with E-state index in [0.29, 0.717) is 11.4 Å². The highest BCUT2D eigenvalue weighted by Crippen LogP contribution is 2.36. The smallest absolute Gasteiger partial charge is 0.417 e. The van der Waals surface area contributed by atoms with Crippen LogP contribution in [-0.2, 0) is 17.5 Å². The lowest BCUT2D eigenvalue weighted by molar-refractivity contribution is -0.137. The SMILES string of the molecule is Cc1nc(N)ccc1-c1ccc(COC(=O)Nc2ccc(Cl)c(C(F)(F)F)c2)cc1. The zero-order chi connectivity index (χ0) is 21.9. The second kappa shape index (κ2) is 8.62. The van der Waals surface area contributed by atoms with Gasteiger partial charge in [0.25, 0.3) is 0 Å². The Morgan fingerprint density at radius 3 is 2.47 bits per heavy atom. The van der Waals surface area contributed by atoms with E-state index in [1.165, 1.54) is 6.07 Å². The van der Waals surface area contributed by atoms with Gasteiger partial charge in [-0.15, -0.1) is 0 Å². The van der Waals surface area contributed by atoms with Crippen LogP contribution in [0, 0.1) is 6.92 Å². The number of nitrogen functional groups attached to an aromatic ring is 1. The number of rotatable bonds is 4. The van der Waals surface area contributed by atoms with E-state index in [4.69, 9.17) is 22.1 Å². The molecule has 0 aliphatic heterocycles. The summed E-state index contributed by atoms with van der Waals surface area (Å²) in [5.41, 5.74) is 7.91. The largest absolute Gasteiger partial charge is 0.444 e. The molecule has 0 fully saturated rings. The second-order valence-electron chi connectivity index (χ2n) is 6.46. The van der Waals surface area contributed by atoms with Crippen molar-refractivity contribution in [3.05, 3.63) is 76.4 Å². The van der Waals surface area contributed by atoms with Crippen molar-refractivity contribution >= 4 is 29.2 Å². The number of nitrogens with one attached hydrogen (secondary N) is 1. The molecule has 1 heterocycles. The van der Waals surface area contributed by atoms with Gasteiger partial charge < -0.3 is 10.5 Å². The molecule has 3 N–H and O–H groups in total. The Balaban J connectivity index is 1.61. The van der Waals surface area contributed by atoms with Crippen LogP contribution in [-0.4, -0.2) is 11.1 Å². The molecule has 0 aliphatic carbocycles. The van der Waals surface area contributed by atoms with Crippen molar-refractivity contribution in [3.63, 3.8) is 0 Å². The van der Waals surface area contributed by atoms with Gasteiger partial charge in [0.1, 0.15) is 12.4 Å². The first-order chi connectivity index (χ1) is 14.1. The van der Waals surface area contributed by atoms with Gasteiger partial charge in [-0.05, 0) is 48.4 Å². The van der Waals surface area contributed by atoms with E-state index in [-0.39, 0.29) is 12.3 Å². The van der Waals surface area contributed by atoms with E-state index in [1.807, 2.05) is 25.1 Å². The van der Waals surface area contributed by atoms with Crippen molar-refractivity contribution in [2.24, 2.45) is 0 Å². The molecule has 0 spiro atoms. The number of hydrogen-bond donors (Lipinski definition) is 2. The lowest BCUT2D eigenvalue weighted by Gasteiger charge is -2.12. The number of aryl methyl sites for hydroxylation is 1. The quantitative estimate of drug-likeness (QED) is 0.522. The topological polar surface area (TPSA) is 77.2 Å². The van der Waals surface area contributed by atoms with Gasteiger partial charge in [0, 0.05) is 16.9 Å². The summed E-state index contributed by atoms with van der Waals surface area (Å²) < 4.78 is 43.8. The van der Waals surface area contributed by atoms with Gasteiger partial charge in [-0.3, -0.25) is 5.32 Å². The summed E-state index contributed by atoms with van der Waals surface area (Å²) in [6, 6.07) is 13.9. The molecule has 3 aromatic rings. The minimum atomic E-state index is -4.63. The Morgan fingerprint density at radius 1 is 1.13 bits per heavy atom. The van der Waals surface area contributed by atoms with Gasteiger partial charge in [0.2, 0.25) is 0 Å². The Labute approximate surface area is 175 Å². The van der Waals surface area contributed by atoms with E-state index >= 15 is 0 Å². The molecule has 0 unspecified atom stereocenters. The summed E-state index contributed by atoms with van der Waals surface area (Å²) in [5.74, 6) is 0.440. The first-order valence-corrected chi connectivity index (χ1v) is 9.14. The zero-order valence-electron chi connectivity index (χ0n) is 15.8. The Kier molecular flexibility index (Phi) is 6.17. The molecule has 1 amide bonds. The number of ether oxygens (including phenoxy) is 1. The highest BCUT2D eigenvalue weighted by Gasteiger charge is 2.33. The highest BCUT2D eigenvalue weighted by molar-refractivity contribution is 6.31. The fourth-order valence-corrected chi connectivity index (χ4v) is 3.01. The molecular formula is C21H17ClF3N3O2. The number of halogens is 4.